The molecule has 1 aromatic rings. The van der Waals surface area contributed by atoms with Gasteiger partial charge in [0.15, 0.2) is 0 Å². The van der Waals surface area contributed by atoms with Crippen LogP contribution in [0.1, 0.15) is 31.2 Å². The molecule has 0 unspecified atom stereocenters. The van der Waals surface area contributed by atoms with Gasteiger partial charge in [-0.3, -0.25) is 9.69 Å². The number of nitriles is 1. The lowest BCUT2D eigenvalue weighted by molar-refractivity contribution is -0.123. The molecule has 0 spiro atoms. The molecule has 0 bridgehead atoms. The lowest BCUT2D eigenvalue weighted by atomic mass is 10.00. The number of amides is 1. The maximum atomic E-state index is 12.6. The van der Waals surface area contributed by atoms with Crippen LogP contribution in [0.2, 0.25) is 0 Å². The summed E-state index contributed by atoms with van der Waals surface area (Å²) in [6, 6.07) is 11.4. The van der Waals surface area contributed by atoms with Crippen LogP contribution in [-0.4, -0.2) is 61.8 Å². The number of sulfonamides is 1. The number of hydrogen-bond donors (Lipinski definition) is 1. The molecule has 1 aliphatic carbocycles. The molecule has 1 aliphatic heterocycles. The van der Waals surface area contributed by atoms with E-state index in [0.29, 0.717) is 39.0 Å². The van der Waals surface area contributed by atoms with Gasteiger partial charge in [-0.05, 0) is 31.2 Å². The molecule has 8 heteroatoms. The molecule has 0 aromatic heterocycles. The summed E-state index contributed by atoms with van der Waals surface area (Å²) in [6.07, 6.45) is 3.35. The van der Waals surface area contributed by atoms with Gasteiger partial charge in [0.1, 0.15) is 5.54 Å². The lowest BCUT2D eigenvalue weighted by Crippen LogP contribution is -2.53. The Balaban J connectivity index is 1.48. The molecule has 3 rings (SSSR count). The Kier molecular flexibility index (Phi) is 6.15. The quantitative estimate of drug-likeness (QED) is 0.785. The number of hydrogen-bond acceptors (Lipinski definition) is 5. The molecule has 1 N–H and O–H groups in total. The Morgan fingerprint density at radius 1 is 1.11 bits per heavy atom. The van der Waals surface area contributed by atoms with Gasteiger partial charge in [-0.15, -0.1) is 0 Å². The predicted molar refractivity (Wildman–Crippen MR) is 102 cm³/mol. The third kappa shape index (κ3) is 5.06. The van der Waals surface area contributed by atoms with Crippen molar-refractivity contribution >= 4 is 15.9 Å². The third-order valence-corrected chi connectivity index (χ3v) is 7.18. The molecule has 0 atom stereocenters. The zero-order chi connectivity index (χ0) is 19.3. The normalized spacial score (nSPS) is 20.9. The fraction of sp³-hybridized carbons (Fsp3) is 0.579. The fourth-order valence-corrected chi connectivity index (χ4v) is 5.31. The van der Waals surface area contributed by atoms with E-state index in [1.807, 2.05) is 35.2 Å². The van der Waals surface area contributed by atoms with Crippen molar-refractivity contribution in [2.24, 2.45) is 0 Å². The Hall–Kier alpha value is -1.95. The summed E-state index contributed by atoms with van der Waals surface area (Å²) in [6.45, 7) is 2.00. The molecular formula is C19H26N4O3S. The average Bonchev–Trinajstić information content (AvgIpc) is 3.11. The number of benzene rings is 1. The summed E-state index contributed by atoms with van der Waals surface area (Å²) < 4.78 is 26.7. The maximum Gasteiger partial charge on any atom is 0.235 e. The molecular weight excluding hydrogens is 364 g/mol. The number of carbonyl (C=O) groups is 1. The zero-order valence-electron chi connectivity index (χ0n) is 15.4. The van der Waals surface area contributed by atoms with E-state index in [1.165, 1.54) is 4.31 Å². The Labute approximate surface area is 161 Å². The molecule has 27 heavy (non-hydrogen) atoms. The van der Waals surface area contributed by atoms with Crippen molar-refractivity contribution in [3.05, 3.63) is 35.9 Å². The minimum atomic E-state index is -3.36. The number of rotatable bonds is 6. The van der Waals surface area contributed by atoms with Crippen LogP contribution >= 0.6 is 0 Å². The monoisotopic (exact) mass is 390 g/mol. The molecule has 2 aliphatic rings. The molecule has 1 aromatic carbocycles. The topological polar surface area (TPSA) is 93.5 Å². The molecule has 1 heterocycles. The van der Waals surface area contributed by atoms with Crippen LogP contribution in [0, 0.1) is 11.3 Å². The summed E-state index contributed by atoms with van der Waals surface area (Å²) in [5, 5.41) is 12.3. The highest BCUT2D eigenvalue weighted by Gasteiger charge is 2.36. The smallest absolute Gasteiger partial charge is 0.235 e. The fourth-order valence-electron chi connectivity index (χ4n) is 3.79. The second kappa shape index (κ2) is 8.38. The molecule has 1 saturated carbocycles. The largest absolute Gasteiger partial charge is 0.337 e. The van der Waals surface area contributed by atoms with Gasteiger partial charge in [-0.2, -0.15) is 9.57 Å². The first-order valence-corrected chi connectivity index (χ1v) is 11.0. The van der Waals surface area contributed by atoms with E-state index in [1.54, 1.807) is 0 Å². The van der Waals surface area contributed by atoms with Crippen molar-refractivity contribution in [1.82, 2.24) is 14.5 Å². The van der Waals surface area contributed by atoms with Gasteiger partial charge < -0.3 is 5.32 Å². The summed E-state index contributed by atoms with van der Waals surface area (Å²) >= 11 is 0. The van der Waals surface area contributed by atoms with E-state index in [4.69, 9.17) is 0 Å². The second-order valence-corrected chi connectivity index (χ2v) is 9.34. The second-order valence-electron chi connectivity index (χ2n) is 7.37. The van der Waals surface area contributed by atoms with Crippen molar-refractivity contribution in [2.75, 3.05) is 32.7 Å². The average molecular weight is 391 g/mol. The highest BCUT2D eigenvalue weighted by molar-refractivity contribution is 7.88. The van der Waals surface area contributed by atoms with Crippen LogP contribution in [0.5, 0.6) is 0 Å². The number of nitrogens with one attached hydrogen (secondary N) is 1. The summed E-state index contributed by atoms with van der Waals surface area (Å²) in [5.41, 5.74) is 0.0652. The van der Waals surface area contributed by atoms with Crippen LogP contribution in [0.3, 0.4) is 0 Å². The first-order valence-electron chi connectivity index (χ1n) is 9.39. The minimum absolute atomic E-state index is 0.000977. The van der Waals surface area contributed by atoms with Crippen LogP contribution in [0.4, 0.5) is 0 Å². The van der Waals surface area contributed by atoms with E-state index >= 15 is 0 Å². The minimum Gasteiger partial charge on any atom is -0.337 e. The van der Waals surface area contributed by atoms with Crippen molar-refractivity contribution in [3.63, 3.8) is 0 Å². The molecule has 7 nitrogen and oxygen atoms in total. The standard InChI is InChI=1S/C19H26N4O3S/c20-16-19(8-4-5-9-19)21-18(24)14-22-10-12-23(13-11-22)27(25,26)15-17-6-2-1-3-7-17/h1-3,6-7H,4-5,8-15H2,(H,21,24). The van der Waals surface area contributed by atoms with Gasteiger partial charge in [0, 0.05) is 26.2 Å². The first kappa shape index (κ1) is 19.8. The van der Waals surface area contributed by atoms with Crippen LogP contribution in [0.15, 0.2) is 30.3 Å². The zero-order valence-corrected chi connectivity index (χ0v) is 16.2. The third-order valence-electron chi connectivity index (χ3n) is 5.33. The highest BCUT2D eigenvalue weighted by Crippen LogP contribution is 2.28. The molecule has 1 saturated heterocycles. The molecule has 146 valence electrons. The Morgan fingerprint density at radius 2 is 1.74 bits per heavy atom. The number of nitrogens with zero attached hydrogens (tertiary/aromatic N) is 3. The predicted octanol–water partition coefficient (Wildman–Crippen LogP) is 1.09. The van der Waals surface area contributed by atoms with E-state index in [-0.39, 0.29) is 18.2 Å². The first-order chi connectivity index (χ1) is 12.9. The van der Waals surface area contributed by atoms with Crippen molar-refractivity contribution in [3.8, 4) is 6.07 Å². The van der Waals surface area contributed by atoms with E-state index in [2.05, 4.69) is 11.4 Å². The van der Waals surface area contributed by atoms with Gasteiger partial charge >= 0.3 is 0 Å². The van der Waals surface area contributed by atoms with Crippen LogP contribution in [0.25, 0.3) is 0 Å². The van der Waals surface area contributed by atoms with Gasteiger partial charge in [0.05, 0.1) is 18.4 Å². The number of carbonyl (C=O) groups excluding carboxylic acids is 1. The van der Waals surface area contributed by atoms with Crippen molar-refractivity contribution in [1.29, 1.82) is 5.26 Å². The Morgan fingerprint density at radius 3 is 2.33 bits per heavy atom. The van der Waals surface area contributed by atoms with Crippen LogP contribution < -0.4 is 5.32 Å². The van der Waals surface area contributed by atoms with Crippen LogP contribution in [-0.2, 0) is 20.6 Å². The van der Waals surface area contributed by atoms with Gasteiger partial charge in [0.25, 0.3) is 0 Å². The summed E-state index contributed by atoms with van der Waals surface area (Å²) in [4.78, 5) is 14.3. The van der Waals surface area contributed by atoms with E-state index in [0.717, 1.165) is 18.4 Å². The molecule has 0 radical (unpaired) electrons. The maximum absolute atomic E-state index is 12.6. The number of piperazine rings is 1. The highest BCUT2D eigenvalue weighted by atomic mass is 32.2. The van der Waals surface area contributed by atoms with Gasteiger partial charge in [-0.25, -0.2) is 8.42 Å². The van der Waals surface area contributed by atoms with Gasteiger partial charge in [-0.1, -0.05) is 30.3 Å². The summed E-state index contributed by atoms with van der Waals surface area (Å²) in [7, 11) is -3.36. The SMILES string of the molecule is N#CC1(NC(=O)CN2CCN(S(=O)(=O)Cc3ccccc3)CC2)CCCC1. The van der Waals surface area contributed by atoms with E-state index < -0.39 is 15.6 Å². The summed E-state index contributed by atoms with van der Waals surface area (Å²) in [5.74, 6) is -0.155. The van der Waals surface area contributed by atoms with E-state index in [9.17, 15) is 18.5 Å². The Bertz CT molecular complexity index is 790. The van der Waals surface area contributed by atoms with Gasteiger partial charge in [0.2, 0.25) is 15.9 Å². The lowest BCUT2D eigenvalue weighted by Gasteiger charge is -2.34. The molecule has 2 fully saturated rings. The molecule has 1 amide bonds. The van der Waals surface area contributed by atoms with Crippen molar-refractivity contribution < 1.29 is 13.2 Å². The van der Waals surface area contributed by atoms with Crippen molar-refractivity contribution in [2.45, 2.75) is 37.0 Å².